The second-order valence-corrected chi connectivity index (χ2v) is 9.72. The van der Waals surface area contributed by atoms with Crippen LogP contribution in [0.3, 0.4) is 0 Å². The Hall–Kier alpha value is -4.16. The molecule has 6 aromatic rings. The predicted octanol–water partition coefficient (Wildman–Crippen LogP) is 10.5. The van der Waals surface area contributed by atoms with Crippen molar-refractivity contribution in [2.45, 2.75) is 26.2 Å². The molecule has 36 heavy (non-hydrogen) atoms. The van der Waals surface area contributed by atoms with Crippen molar-refractivity contribution in [2.75, 3.05) is 0 Å². The van der Waals surface area contributed by atoms with Gasteiger partial charge in [-0.1, -0.05) is 141 Å². The van der Waals surface area contributed by atoms with Gasteiger partial charge in [0.15, 0.2) is 0 Å². The first-order valence-corrected chi connectivity index (χ1v) is 12.9. The quantitative estimate of drug-likeness (QED) is 0.223. The van der Waals surface area contributed by atoms with Crippen LogP contribution >= 0.6 is 0 Å². The third-order valence-electron chi connectivity index (χ3n) is 7.59. The van der Waals surface area contributed by atoms with Gasteiger partial charge in [0.05, 0.1) is 0 Å². The molecule has 0 nitrogen and oxygen atoms in total. The Balaban J connectivity index is 1.58. The summed E-state index contributed by atoms with van der Waals surface area (Å²) in [6, 6.07) is 46.6. The summed E-state index contributed by atoms with van der Waals surface area (Å²) in [6.07, 6.45) is 1.16. The SMILES string of the molecule is CCC(C)c1ccc(-c2c3ccccc3c(-c3ccc(-c4ccccc4)cc3)c3ccccc23)cc1. The van der Waals surface area contributed by atoms with Gasteiger partial charge >= 0.3 is 0 Å². The Kier molecular flexibility index (Phi) is 5.87. The molecule has 1 atom stereocenters. The summed E-state index contributed by atoms with van der Waals surface area (Å²) in [4.78, 5) is 0. The van der Waals surface area contributed by atoms with E-state index in [9.17, 15) is 0 Å². The lowest BCUT2D eigenvalue weighted by Gasteiger charge is -2.18. The lowest BCUT2D eigenvalue weighted by Crippen LogP contribution is -1.93. The van der Waals surface area contributed by atoms with Crippen LogP contribution < -0.4 is 0 Å². The molecule has 0 heterocycles. The molecule has 6 aromatic carbocycles. The summed E-state index contributed by atoms with van der Waals surface area (Å²) >= 11 is 0. The molecule has 0 aromatic heterocycles. The highest BCUT2D eigenvalue weighted by atomic mass is 14.2. The van der Waals surface area contributed by atoms with E-state index in [1.54, 1.807) is 0 Å². The van der Waals surface area contributed by atoms with Gasteiger partial charge in [-0.2, -0.15) is 0 Å². The monoisotopic (exact) mass is 462 g/mol. The summed E-state index contributed by atoms with van der Waals surface area (Å²) in [7, 11) is 0. The Morgan fingerprint density at radius 2 is 0.778 bits per heavy atom. The number of hydrogen-bond acceptors (Lipinski definition) is 0. The minimum Gasteiger partial charge on any atom is -0.0648 e. The van der Waals surface area contributed by atoms with Gasteiger partial charge in [0.2, 0.25) is 0 Å². The molecule has 6 rings (SSSR count). The Morgan fingerprint density at radius 1 is 0.417 bits per heavy atom. The zero-order chi connectivity index (χ0) is 24.5. The van der Waals surface area contributed by atoms with Gasteiger partial charge in [0.1, 0.15) is 0 Å². The number of rotatable bonds is 5. The lowest BCUT2D eigenvalue weighted by molar-refractivity contribution is 0.734. The van der Waals surface area contributed by atoms with Crippen molar-refractivity contribution in [3.05, 3.63) is 133 Å². The summed E-state index contributed by atoms with van der Waals surface area (Å²) in [5.74, 6) is 0.578. The highest BCUT2D eigenvalue weighted by Crippen LogP contribution is 2.44. The number of fused-ring (bicyclic) bond motifs is 2. The molecular weight excluding hydrogens is 432 g/mol. The first kappa shape index (κ1) is 22.3. The van der Waals surface area contributed by atoms with E-state index in [4.69, 9.17) is 0 Å². The van der Waals surface area contributed by atoms with Crippen LogP contribution in [0.1, 0.15) is 31.7 Å². The third kappa shape index (κ3) is 3.89. The molecule has 174 valence electrons. The van der Waals surface area contributed by atoms with Crippen molar-refractivity contribution < 1.29 is 0 Å². The molecule has 0 radical (unpaired) electrons. The van der Waals surface area contributed by atoms with E-state index >= 15 is 0 Å². The van der Waals surface area contributed by atoms with Crippen molar-refractivity contribution >= 4 is 21.5 Å². The molecule has 0 aliphatic carbocycles. The van der Waals surface area contributed by atoms with Crippen LogP contribution in [0.25, 0.3) is 54.9 Å². The van der Waals surface area contributed by atoms with E-state index in [0.717, 1.165) is 6.42 Å². The largest absolute Gasteiger partial charge is 0.0648 e. The van der Waals surface area contributed by atoms with Crippen LogP contribution in [0.5, 0.6) is 0 Å². The van der Waals surface area contributed by atoms with Crippen molar-refractivity contribution in [1.82, 2.24) is 0 Å². The van der Waals surface area contributed by atoms with Gasteiger partial charge < -0.3 is 0 Å². The fourth-order valence-corrected chi connectivity index (χ4v) is 5.42. The van der Waals surface area contributed by atoms with Crippen molar-refractivity contribution in [3.8, 4) is 33.4 Å². The Bertz CT molecular complexity index is 1580. The minimum absolute atomic E-state index is 0.578. The molecule has 0 fully saturated rings. The highest BCUT2D eigenvalue weighted by Gasteiger charge is 2.16. The lowest BCUT2D eigenvalue weighted by atomic mass is 9.85. The van der Waals surface area contributed by atoms with Crippen LogP contribution in [0.15, 0.2) is 127 Å². The van der Waals surface area contributed by atoms with Crippen LogP contribution in [0, 0.1) is 0 Å². The first-order valence-electron chi connectivity index (χ1n) is 12.9. The highest BCUT2D eigenvalue weighted by molar-refractivity contribution is 6.21. The Morgan fingerprint density at radius 3 is 1.22 bits per heavy atom. The molecule has 0 heteroatoms. The summed E-state index contributed by atoms with van der Waals surface area (Å²) in [5, 5.41) is 5.19. The zero-order valence-electron chi connectivity index (χ0n) is 20.9. The second kappa shape index (κ2) is 9.47. The maximum absolute atomic E-state index is 2.31. The van der Waals surface area contributed by atoms with Crippen LogP contribution in [-0.4, -0.2) is 0 Å². The fraction of sp³-hybridized carbons (Fsp3) is 0.111. The average Bonchev–Trinajstić information content (AvgIpc) is 2.96. The first-order chi connectivity index (χ1) is 17.7. The molecule has 0 saturated heterocycles. The normalized spacial score (nSPS) is 12.2. The molecule has 0 spiro atoms. The predicted molar refractivity (Wildman–Crippen MR) is 156 cm³/mol. The van der Waals surface area contributed by atoms with E-state index in [1.807, 2.05) is 0 Å². The maximum Gasteiger partial charge on any atom is -0.00264 e. The van der Waals surface area contributed by atoms with Gasteiger partial charge in [-0.15, -0.1) is 0 Å². The van der Waals surface area contributed by atoms with Gasteiger partial charge in [0, 0.05) is 0 Å². The third-order valence-corrected chi connectivity index (χ3v) is 7.59. The molecule has 0 bridgehead atoms. The van der Waals surface area contributed by atoms with Gasteiger partial charge in [-0.25, -0.2) is 0 Å². The molecule has 0 N–H and O–H groups in total. The fourth-order valence-electron chi connectivity index (χ4n) is 5.42. The molecular formula is C36H30. The van der Waals surface area contributed by atoms with E-state index in [1.165, 1.54) is 60.5 Å². The van der Waals surface area contributed by atoms with Crippen molar-refractivity contribution in [2.24, 2.45) is 0 Å². The Labute approximate surface area is 213 Å². The van der Waals surface area contributed by atoms with E-state index < -0.39 is 0 Å². The number of benzene rings is 6. The molecule has 0 saturated carbocycles. The van der Waals surface area contributed by atoms with Crippen molar-refractivity contribution in [3.63, 3.8) is 0 Å². The smallest absolute Gasteiger partial charge is 0.00264 e. The van der Waals surface area contributed by atoms with Crippen LogP contribution in [0.4, 0.5) is 0 Å². The second-order valence-electron chi connectivity index (χ2n) is 9.72. The van der Waals surface area contributed by atoms with E-state index in [2.05, 4.69) is 141 Å². The summed E-state index contributed by atoms with van der Waals surface area (Å²) < 4.78 is 0. The van der Waals surface area contributed by atoms with Crippen LogP contribution in [-0.2, 0) is 0 Å². The van der Waals surface area contributed by atoms with Gasteiger partial charge in [-0.3, -0.25) is 0 Å². The summed E-state index contributed by atoms with van der Waals surface area (Å²) in [6.45, 7) is 4.56. The van der Waals surface area contributed by atoms with Gasteiger partial charge in [0.25, 0.3) is 0 Å². The molecule has 0 aliphatic heterocycles. The summed E-state index contributed by atoms with van der Waals surface area (Å²) in [5.41, 5.74) is 9.05. The van der Waals surface area contributed by atoms with E-state index in [-0.39, 0.29) is 0 Å². The topological polar surface area (TPSA) is 0 Å². The minimum atomic E-state index is 0.578. The molecule has 0 amide bonds. The van der Waals surface area contributed by atoms with Gasteiger partial charge in [-0.05, 0) is 72.8 Å². The van der Waals surface area contributed by atoms with E-state index in [0.29, 0.717) is 5.92 Å². The average molecular weight is 463 g/mol. The molecule has 0 aliphatic rings. The van der Waals surface area contributed by atoms with Crippen LogP contribution in [0.2, 0.25) is 0 Å². The number of hydrogen-bond donors (Lipinski definition) is 0. The standard InChI is InChI=1S/C36H30/c1-3-25(2)26-17-21-29(22-18-26)35-31-13-7-9-15-33(31)36(34-16-10-8-14-32(34)35)30-23-19-28(20-24-30)27-11-5-4-6-12-27/h4-25H,3H2,1-2H3. The van der Waals surface area contributed by atoms with Crippen molar-refractivity contribution in [1.29, 1.82) is 0 Å². The zero-order valence-corrected chi connectivity index (χ0v) is 20.9. The molecule has 1 unspecified atom stereocenters. The maximum atomic E-state index is 2.31.